The van der Waals surface area contributed by atoms with E-state index in [1.807, 2.05) is 61.5 Å². The van der Waals surface area contributed by atoms with Gasteiger partial charge in [0, 0.05) is 42.0 Å². The maximum Gasteiger partial charge on any atom is 0.163 e. The molecule has 1 unspecified atom stereocenters. The van der Waals surface area contributed by atoms with Gasteiger partial charge in [-0.15, -0.1) is 0 Å². The van der Waals surface area contributed by atoms with Crippen molar-refractivity contribution in [3.8, 4) is 17.1 Å². The predicted molar refractivity (Wildman–Crippen MR) is 147 cm³/mol. The lowest BCUT2D eigenvalue weighted by Crippen LogP contribution is -2.47. The van der Waals surface area contributed by atoms with Crippen LogP contribution in [-0.2, 0) is 0 Å². The summed E-state index contributed by atoms with van der Waals surface area (Å²) in [5.41, 5.74) is 3.17. The molecule has 1 saturated heterocycles. The zero-order chi connectivity index (χ0) is 24.9. The monoisotopic (exact) mass is 499 g/mol. The summed E-state index contributed by atoms with van der Waals surface area (Å²) in [4.78, 5) is 14.6. The lowest BCUT2D eigenvalue weighted by molar-refractivity contribution is 0.220. The molecule has 1 fully saturated rings. The highest BCUT2D eigenvalue weighted by molar-refractivity contribution is 6.30. The van der Waals surface area contributed by atoms with E-state index in [-0.39, 0.29) is 6.04 Å². The van der Waals surface area contributed by atoms with E-state index in [4.69, 9.17) is 26.3 Å². The number of hydrogen-bond acceptors (Lipinski definition) is 6. The van der Waals surface area contributed by atoms with Crippen LogP contribution in [0.4, 0.5) is 17.3 Å². The van der Waals surface area contributed by atoms with Gasteiger partial charge in [0.2, 0.25) is 0 Å². The van der Waals surface area contributed by atoms with Crippen molar-refractivity contribution in [1.82, 2.24) is 14.9 Å². The number of rotatable bonds is 7. The molecule has 6 nitrogen and oxygen atoms in total. The molecule has 0 amide bonds. The number of anilines is 3. The van der Waals surface area contributed by atoms with Gasteiger partial charge in [-0.05, 0) is 68.1 Å². The minimum atomic E-state index is 0.288. The molecule has 0 spiro atoms. The average molecular weight is 500 g/mol. The highest BCUT2D eigenvalue weighted by Crippen LogP contribution is 2.30. The molecule has 1 atom stereocenters. The summed E-state index contributed by atoms with van der Waals surface area (Å²) in [6.07, 6.45) is 0. The van der Waals surface area contributed by atoms with Gasteiger partial charge in [-0.2, -0.15) is 0 Å². The van der Waals surface area contributed by atoms with Crippen LogP contribution in [0.15, 0.2) is 84.9 Å². The number of aromatic nitrogens is 2. The summed E-state index contributed by atoms with van der Waals surface area (Å²) >= 11 is 6.14. The topological polar surface area (TPSA) is 53.5 Å². The van der Waals surface area contributed by atoms with Crippen molar-refractivity contribution in [3.05, 3.63) is 95.5 Å². The number of nitrogens with one attached hydrogen (secondary N) is 1. The first-order valence-corrected chi connectivity index (χ1v) is 12.6. The third-order valence-electron chi connectivity index (χ3n) is 6.41. The molecule has 7 heteroatoms. The summed E-state index contributed by atoms with van der Waals surface area (Å²) in [5.74, 6) is 3.15. The van der Waals surface area contributed by atoms with Crippen molar-refractivity contribution in [2.45, 2.75) is 13.0 Å². The van der Waals surface area contributed by atoms with E-state index < -0.39 is 0 Å². The molecule has 1 N–H and O–H groups in total. The normalized spacial score (nSPS) is 16.1. The van der Waals surface area contributed by atoms with Crippen molar-refractivity contribution in [3.63, 3.8) is 0 Å². The second-order valence-electron chi connectivity index (χ2n) is 8.88. The molecule has 0 saturated carbocycles. The fourth-order valence-electron chi connectivity index (χ4n) is 4.45. The molecule has 5 rings (SSSR count). The van der Waals surface area contributed by atoms with Gasteiger partial charge in [0.25, 0.3) is 0 Å². The van der Waals surface area contributed by atoms with Crippen LogP contribution in [0.1, 0.15) is 18.5 Å². The second kappa shape index (κ2) is 11.0. The Hall–Kier alpha value is -3.61. The van der Waals surface area contributed by atoms with E-state index in [9.17, 15) is 0 Å². The first kappa shape index (κ1) is 24.1. The number of nitrogens with zero attached hydrogens (tertiary/aromatic N) is 4. The fraction of sp³-hybridized carbons (Fsp3) is 0.241. The van der Waals surface area contributed by atoms with Crippen LogP contribution in [0.2, 0.25) is 5.02 Å². The molecule has 0 radical (unpaired) electrons. The molecule has 184 valence electrons. The highest BCUT2D eigenvalue weighted by atomic mass is 35.5. The van der Waals surface area contributed by atoms with Gasteiger partial charge in [0.15, 0.2) is 5.82 Å². The van der Waals surface area contributed by atoms with Crippen molar-refractivity contribution in [2.24, 2.45) is 0 Å². The van der Waals surface area contributed by atoms with Gasteiger partial charge in [-0.3, -0.25) is 4.90 Å². The molecule has 1 aromatic heterocycles. The fourth-order valence-corrected chi connectivity index (χ4v) is 4.58. The Bertz CT molecular complexity index is 1280. The lowest BCUT2D eigenvalue weighted by atomic mass is 10.0. The molecule has 36 heavy (non-hydrogen) atoms. The summed E-state index contributed by atoms with van der Waals surface area (Å²) in [6, 6.07) is 28.5. The van der Waals surface area contributed by atoms with Crippen molar-refractivity contribution >= 4 is 28.9 Å². The molecule has 1 aliphatic rings. The maximum absolute atomic E-state index is 6.14. The Morgan fingerprint density at radius 2 is 1.69 bits per heavy atom. The van der Waals surface area contributed by atoms with Crippen LogP contribution in [0.3, 0.4) is 0 Å². The Morgan fingerprint density at radius 1 is 0.944 bits per heavy atom. The minimum absolute atomic E-state index is 0.288. The lowest BCUT2D eigenvalue weighted by Gasteiger charge is -2.40. The van der Waals surface area contributed by atoms with Gasteiger partial charge in [-0.1, -0.05) is 41.9 Å². The van der Waals surface area contributed by atoms with E-state index in [1.54, 1.807) is 0 Å². The Kier molecular flexibility index (Phi) is 7.35. The highest BCUT2D eigenvalue weighted by Gasteiger charge is 2.27. The van der Waals surface area contributed by atoms with Crippen LogP contribution in [0.25, 0.3) is 11.4 Å². The largest absolute Gasteiger partial charge is 0.494 e. The van der Waals surface area contributed by atoms with E-state index in [0.29, 0.717) is 17.5 Å². The van der Waals surface area contributed by atoms with Gasteiger partial charge < -0.3 is 15.0 Å². The zero-order valence-corrected chi connectivity index (χ0v) is 21.3. The van der Waals surface area contributed by atoms with Crippen LogP contribution in [-0.4, -0.2) is 48.2 Å². The SMILES string of the molecule is CCOc1ccc(Nc2cc(N3CCN(C)C(c4ccccc4)C3)nc(-c3ccc(Cl)cc3)n2)cc1. The van der Waals surface area contributed by atoms with Gasteiger partial charge in [0.1, 0.15) is 17.4 Å². The van der Waals surface area contributed by atoms with Gasteiger partial charge in [-0.25, -0.2) is 9.97 Å². The van der Waals surface area contributed by atoms with Crippen LogP contribution < -0.4 is 15.0 Å². The number of halogens is 1. The zero-order valence-electron chi connectivity index (χ0n) is 20.6. The third kappa shape index (κ3) is 5.61. The number of piperazine rings is 1. The molecule has 0 aliphatic carbocycles. The number of benzene rings is 3. The van der Waals surface area contributed by atoms with Crippen LogP contribution in [0, 0.1) is 0 Å². The van der Waals surface area contributed by atoms with Crippen LogP contribution in [0.5, 0.6) is 5.75 Å². The number of ether oxygens (including phenoxy) is 1. The molecule has 2 heterocycles. The van der Waals surface area contributed by atoms with E-state index >= 15 is 0 Å². The smallest absolute Gasteiger partial charge is 0.163 e. The van der Waals surface area contributed by atoms with Crippen molar-refractivity contribution in [2.75, 3.05) is 43.5 Å². The Balaban J connectivity index is 1.47. The third-order valence-corrected chi connectivity index (χ3v) is 6.66. The number of hydrogen-bond donors (Lipinski definition) is 1. The van der Waals surface area contributed by atoms with Gasteiger partial charge >= 0.3 is 0 Å². The summed E-state index contributed by atoms with van der Waals surface area (Å²) < 4.78 is 5.58. The second-order valence-corrected chi connectivity index (χ2v) is 9.31. The minimum Gasteiger partial charge on any atom is -0.494 e. The maximum atomic E-state index is 6.14. The summed E-state index contributed by atoms with van der Waals surface area (Å²) in [7, 11) is 2.19. The van der Waals surface area contributed by atoms with Crippen molar-refractivity contribution < 1.29 is 4.74 Å². The molecular formula is C29H30ClN5O. The molecule has 4 aromatic rings. The van der Waals surface area contributed by atoms with Crippen LogP contribution >= 0.6 is 11.6 Å². The standard InChI is InChI=1S/C29H30ClN5O/c1-3-36-25-15-13-24(14-16-25)31-27-19-28(33-29(32-27)22-9-11-23(30)12-10-22)35-18-17-34(2)26(20-35)21-7-5-4-6-8-21/h4-16,19,26H,3,17-18,20H2,1-2H3,(H,31,32,33). The molecule has 0 bridgehead atoms. The van der Waals surface area contributed by atoms with E-state index in [2.05, 4.69) is 52.5 Å². The molecule has 3 aromatic carbocycles. The molecular weight excluding hydrogens is 470 g/mol. The molecule has 1 aliphatic heterocycles. The summed E-state index contributed by atoms with van der Waals surface area (Å²) in [6.45, 7) is 5.30. The predicted octanol–water partition coefficient (Wildman–Crippen LogP) is 6.43. The van der Waals surface area contributed by atoms with Crippen molar-refractivity contribution in [1.29, 1.82) is 0 Å². The quantitative estimate of drug-likeness (QED) is 0.316. The first-order valence-electron chi connectivity index (χ1n) is 12.2. The number of likely N-dealkylation sites (N-methyl/N-ethyl adjacent to an activating group) is 1. The Labute approximate surface area is 217 Å². The van der Waals surface area contributed by atoms with E-state index in [0.717, 1.165) is 48.3 Å². The van der Waals surface area contributed by atoms with E-state index in [1.165, 1.54) is 5.56 Å². The summed E-state index contributed by atoms with van der Waals surface area (Å²) in [5, 5.41) is 4.14. The average Bonchev–Trinajstić information content (AvgIpc) is 2.91. The van der Waals surface area contributed by atoms with Gasteiger partial charge in [0.05, 0.1) is 12.6 Å². The first-order chi connectivity index (χ1) is 17.6. The Morgan fingerprint density at radius 3 is 2.42 bits per heavy atom.